The number of esters is 1. The molecule has 1 fully saturated rings. The molecule has 0 radical (unpaired) electrons. The van der Waals surface area contributed by atoms with E-state index in [1.165, 1.54) is 6.42 Å². The predicted octanol–water partition coefficient (Wildman–Crippen LogP) is 4.47. The molecule has 0 saturated carbocycles. The van der Waals surface area contributed by atoms with Crippen LogP contribution in [0.2, 0.25) is 10.0 Å². The van der Waals surface area contributed by atoms with E-state index >= 15 is 0 Å². The average Bonchev–Trinajstić information content (AvgIpc) is 2.42. The number of carbonyl (C=O) groups is 1. The summed E-state index contributed by atoms with van der Waals surface area (Å²) in [5.41, 5.74) is 0.772. The second-order valence-corrected chi connectivity index (χ2v) is 6.49. The molecule has 0 spiro atoms. The van der Waals surface area contributed by atoms with Crippen LogP contribution in [0.4, 0.5) is 0 Å². The maximum absolute atomic E-state index is 12.5. The van der Waals surface area contributed by atoms with E-state index in [0.717, 1.165) is 31.5 Å². The van der Waals surface area contributed by atoms with Crippen molar-refractivity contribution in [1.29, 1.82) is 0 Å². The molecule has 1 aliphatic heterocycles. The number of hydrogen-bond acceptors (Lipinski definition) is 3. The number of likely N-dealkylation sites (tertiary alicyclic amines) is 1. The monoisotopic (exact) mass is 329 g/mol. The van der Waals surface area contributed by atoms with Gasteiger partial charge in [0.15, 0.2) is 0 Å². The lowest BCUT2D eigenvalue weighted by Crippen LogP contribution is -2.39. The first-order valence-electron chi connectivity index (χ1n) is 7.38. The minimum absolute atomic E-state index is 0.143. The van der Waals surface area contributed by atoms with E-state index in [1.54, 1.807) is 12.1 Å². The Kier molecular flexibility index (Phi) is 5.91. The van der Waals surface area contributed by atoms with Crippen molar-refractivity contribution in [3.05, 3.63) is 33.8 Å². The third kappa shape index (κ3) is 4.35. The lowest BCUT2D eigenvalue weighted by molar-refractivity contribution is -0.154. The van der Waals surface area contributed by atoms with Crippen LogP contribution < -0.4 is 0 Å². The molecule has 0 bridgehead atoms. The molecule has 1 saturated heterocycles. The van der Waals surface area contributed by atoms with Crippen LogP contribution in [0.15, 0.2) is 18.2 Å². The Morgan fingerprint density at radius 1 is 1.19 bits per heavy atom. The van der Waals surface area contributed by atoms with Gasteiger partial charge in [0.05, 0.1) is 6.10 Å². The van der Waals surface area contributed by atoms with Crippen LogP contribution in [0, 0.1) is 0 Å². The second kappa shape index (κ2) is 7.48. The van der Waals surface area contributed by atoms with Crippen LogP contribution in [0.25, 0.3) is 0 Å². The standard InChI is InChI=1S/C16H21Cl2NO2/c1-11(2)21-16(20)15(19-8-4-3-5-9-19)13-7-6-12(17)10-14(13)18/h6-7,10-11,15H,3-5,8-9H2,1-2H3/t15-/m0/s1. The molecule has 3 nitrogen and oxygen atoms in total. The van der Waals surface area contributed by atoms with Crippen molar-refractivity contribution < 1.29 is 9.53 Å². The van der Waals surface area contributed by atoms with Crippen molar-refractivity contribution in [1.82, 2.24) is 4.90 Å². The molecule has 0 aliphatic carbocycles. The topological polar surface area (TPSA) is 29.5 Å². The lowest BCUT2D eigenvalue weighted by atomic mass is 10.0. The number of nitrogens with zero attached hydrogens (tertiary/aromatic N) is 1. The summed E-state index contributed by atoms with van der Waals surface area (Å²) >= 11 is 12.3. The predicted molar refractivity (Wildman–Crippen MR) is 85.9 cm³/mol. The SMILES string of the molecule is CC(C)OC(=O)[C@H](c1ccc(Cl)cc1Cl)N1CCCCC1. The van der Waals surface area contributed by atoms with Gasteiger partial charge in [-0.25, -0.2) is 4.79 Å². The maximum Gasteiger partial charge on any atom is 0.328 e. The largest absolute Gasteiger partial charge is 0.462 e. The van der Waals surface area contributed by atoms with Gasteiger partial charge in [-0.1, -0.05) is 35.7 Å². The highest BCUT2D eigenvalue weighted by Crippen LogP contribution is 2.32. The highest BCUT2D eigenvalue weighted by molar-refractivity contribution is 6.35. The number of rotatable bonds is 4. The fourth-order valence-electron chi connectivity index (χ4n) is 2.67. The van der Waals surface area contributed by atoms with Gasteiger partial charge in [0.1, 0.15) is 6.04 Å². The van der Waals surface area contributed by atoms with Crippen LogP contribution in [0.1, 0.15) is 44.7 Å². The highest BCUT2D eigenvalue weighted by Gasteiger charge is 2.32. The fraction of sp³-hybridized carbons (Fsp3) is 0.562. The third-order valence-electron chi connectivity index (χ3n) is 3.59. The summed E-state index contributed by atoms with van der Waals surface area (Å²) in [5.74, 6) is -0.240. The van der Waals surface area contributed by atoms with Gasteiger partial charge in [0, 0.05) is 10.0 Å². The van der Waals surface area contributed by atoms with E-state index in [0.29, 0.717) is 10.0 Å². The number of benzene rings is 1. The number of hydrogen-bond donors (Lipinski definition) is 0. The summed E-state index contributed by atoms with van der Waals surface area (Å²) in [7, 11) is 0. The Morgan fingerprint density at radius 2 is 1.86 bits per heavy atom. The van der Waals surface area contributed by atoms with Gasteiger partial charge in [0.2, 0.25) is 0 Å². The van der Waals surface area contributed by atoms with E-state index in [2.05, 4.69) is 4.90 Å². The summed E-state index contributed by atoms with van der Waals surface area (Å²) in [5, 5.41) is 1.08. The molecule has 0 aromatic heterocycles. The minimum atomic E-state index is -0.447. The molecule has 0 N–H and O–H groups in total. The lowest BCUT2D eigenvalue weighted by Gasteiger charge is -2.34. The van der Waals surface area contributed by atoms with Crippen molar-refractivity contribution in [2.75, 3.05) is 13.1 Å². The zero-order valence-corrected chi connectivity index (χ0v) is 14.0. The molecule has 1 atom stereocenters. The molecular formula is C16H21Cl2NO2. The third-order valence-corrected chi connectivity index (χ3v) is 4.15. The fourth-order valence-corrected chi connectivity index (χ4v) is 3.18. The Bertz CT molecular complexity index is 499. The Hall–Kier alpha value is -0.770. The molecule has 1 aromatic carbocycles. The summed E-state index contributed by atoms with van der Waals surface area (Å²) in [6.45, 7) is 5.48. The van der Waals surface area contributed by atoms with Crippen molar-refractivity contribution in [2.24, 2.45) is 0 Å². The van der Waals surface area contributed by atoms with Gasteiger partial charge in [-0.15, -0.1) is 0 Å². The minimum Gasteiger partial charge on any atom is -0.462 e. The summed E-state index contributed by atoms with van der Waals surface area (Å²) in [6.07, 6.45) is 3.25. The highest BCUT2D eigenvalue weighted by atomic mass is 35.5. The number of piperidine rings is 1. The molecule has 21 heavy (non-hydrogen) atoms. The van der Waals surface area contributed by atoms with Gasteiger partial charge in [-0.05, 0) is 57.5 Å². The molecule has 1 aliphatic rings. The quantitative estimate of drug-likeness (QED) is 0.763. The van der Waals surface area contributed by atoms with Crippen LogP contribution in [-0.4, -0.2) is 30.1 Å². The van der Waals surface area contributed by atoms with Gasteiger partial charge < -0.3 is 4.74 Å². The van der Waals surface area contributed by atoms with Gasteiger partial charge in [-0.3, -0.25) is 4.90 Å². The van der Waals surface area contributed by atoms with Crippen molar-refractivity contribution in [3.63, 3.8) is 0 Å². The van der Waals surface area contributed by atoms with E-state index in [1.807, 2.05) is 19.9 Å². The summed E-state index contributed by atoms with van der Waals surface area (Å²) < 4.78 is 5.43. The molecule has 0 amide bonds. The van der Waals surface area contributed by atoms with Gasteiger partial charge >= 0.3 is 5.97 Å². The van der Waals surface area contributed by atoms with E-state index in [-0.39, 0.29) is 12.1 Å². The van der Waals surface area contributed by atoms with Crippen molar-refractivity contribution in [3.8, 4) is 0 Å². The van der Waals surface area contributed by atoms with E-state index in [4.69, 9.17) is 27.9 Å². The average molecular weight is 330 g/mol. The molecule has 0 unspecified atom stereocenters. The molecule has 2 rings (SSSR count). The smallest absolute Gasteiger partial charge is 0.328 e. The second-order valence-electron chi connectivity index (χ2n) is 5.65. The maximum atomic E-state index is 12.5. The molecule has 116 valence electrons. The Morgan fingerprint density at radius 3 is 2.43 bits per heavy atom. The number of halogens is 2. The van der Waals surface area contributed by atoms with Crippen LogP contribution in [-0.2, 0) is 9.53 Å². The van der Waals surface area contributed by atoms with Crippen LogP contribution in [0.3, 0.4) is 0 Å². The zero-order valence-electron chi connectivity index (χ0n) is 12.4. The summed E-state index contributed by atoms with van der Waals surface area (Å²) in [4.78, 5) is 14.7. The number of ether oxygens (including phenoxy) is 1. The van der Waals surface area contributed by atoms with Crippen LogP contribution >= 0.6 is 23.2 Å². The normalized spacial score (nSPS) is 17.8. The first kappa shape index (κ1) is 16.6. The first-order valence-corrected chi connectivity index (χ1v) is 8.14. The first-order chi connectivity index (χ1) is 9.99. The number of carbonyl (C=O) groups excluding carboxylic acids is 1. The Balaban J connectivity index is 2.31. The Labute approximate surface area is 136 Å². The van der Waals surface area contributed by atoms with Gasteiger partial charge in [0.25, 0.3) is 0 Å². The summed E-state index contributed by atoms with van der Waals surface area (Å²) in [6, 6.07) is 4.82. The van der Waals surface area contributed by atoms with Gasteiger partial charge in [-0.2, -0.15) is 0 Å². The molecule has 1 heterocycles. The molecule has 5 heteroatoms. The van der Waals surface area contributed by atoms with E-state index in [9.17, 15) is 4.79 Å². The van der Waals surface area contributed by atoms with Crippen LogP contribution in [0.5, 0.6) is 0 Å². The molecular weight excluding hydrogens is 309 g/mol. The molecule has 1 aromatic rings. The van der Waals surface area contributed by atoms with Crippen molar-refractivity contribution >= 4 is 29.2 Å². The van der Waals surface area contributed by atoms with Crippen molar-refractivity contribution in [2.45, 2.75) is 45.3 Å². The zero-order chi connectivity index (χ0) is 15.4. The van der Waals surface area contributed by atoms with E-state index < -0.39 is 6.04 Å².